The molecule has 0 bridgehead atoms. The minimum atomic E-state index is -0.376. The van der Waals surface area contributed by atoms with Crippen molar-refractivity contribution in [3.63, 3.8) is 0 Å². The van der Waals surface area contributed by atoms with E-state index >= 15 is 0 Å². The molecule has 5 heteroatoms. The van der Waals surface area contributed by atoms with Gasteiger partial charge in [-0.15, -0.1) is 0 Å². The summed E-state index contributed by atoms with van der Waals surface area (Å²) in [6.07, 6.45) is 6.95. The van der Waals surface area contributed by atoms with Crippen molar-refractivity contribution in [3.05, 3.63) is 77.6 Å². The first kappa shape index (κ1) is 17.9. The molecule has 3 N–H and O–H groups in total. The van der Waals surface area contributed by atoms with Crippen molar-refractivity contribution < 1.29 is 24.9 Å². The average molecular weight is 338 g/mol. The van der Waals surface area contributed by atoms with Crippen LogP contribution in [0.2, 0.25) is 0 Å². The van der Waals surface area contributed by atoms with E-state index in [1.807, 2.05) is 0 Å². The van der Waals surface area contributed by atoms with Crippen LogP contribution in [-0.2, 0) is 4.79 Å². The lowest BCUT2D eigenvalue weighted by Gasteiger charge is -2.03. The molecule has 0 spiro atoms. The molecule has 0 aliphatic carbocycles. The van der Waals surface area contributed by atoms with Gasteiger partial charge in [0.2, 0.25) is 0 Å². The second-order valence-corrected chi connectivity index (χ2v) is 5.16. The Morgan fingerprint density at radius 2 is 1.60 bits per heavy atom. The van der Waals surface area contributed by atoms with E-state index in [0.29, 0.717) is 11.3 Å². The predicted molar refractivity (Wildman–Crippen MR) is 96.6 cm³/mol. The molecule has 2 aromatic rings. The maximum atomic E-state index is 11.8. The van der Waals surface area contributed by atoms with Crippen LogP contribution in [0, 0.1) is 0 Å². The zero-order valence-corrected chi connectivity index (χ0v) is 13.6. The summed E-state index contributed by atoms with van der Waals surface area (Å²) < 4.78 is 5.00. The first-order chi connectivity index (χ1) is 12.0. The number of hydrogen-bond acceptors (Lipinski definition) is 5. The van der Waals surface area contributed by atoms with Crippen LogP contribution in [0.4, 0.5) is 0 Å². The van der Waals surface area contributed by atoms with Gasteiger partial charge in [-0.3, -0.25) is 4.79 Å². The Labute approximate surface area is 145 Å². The molecule has 128 valence electrons. The van der Waals surface area contributed by atoms with E-state index in [2.05, 4.69) is 0 Å². The number of aliphatic hydroxyl groups excluding tert-OH is 1. The number of hydrogen-bond donors (Lipinski definition) is 3. The van der Waals surface area contributed by atoms with Gasteiger partial charge in [0.05, 0.1) is 7.11 Å². The molecule has 0 radical (unpaired) electrons. The van der Waals surface area contributed by atoms with Crippen LogP contribution >= 0.6 is 0 Å². The fourth-order valence-corrected chi connectivity index (χ4v) is 1.99. The quantitative estimate of drug-likeness (QED) is 0.423. The number of phenolic OH excluding ortho intramolecular Hbond substituents is 2. The van der Waals surface area contributed by atoms with Gasteiger partial charge >= 0.3 is 0 Å². The summed E-state index contributed by atoms with van der Waals surface area (Å²) >= 11 is 0. The number of allylic oxidation sites excluding steroid dienone is 3. The molecule has 0 unspecified atom stereocenters. The molecule has 0 fully saturated rings. The normalized spacial score (nSPS) is 12.0. The lowest BCUT2D eigenvalue weighted by atomic mass is 10.1. The molecule has 0 saturated carbocycles. The summed E-state index contributed by atoms with van der Waals surface area (Å²) in [6, 6.07) is 11.1. The first-order valence-corrected chi connectivity index (χ1v) is 7.45. The SMILES string of the molecule is COc1cc(C=CC(O)=CC(=O)C=Cc2ccc(O)cc2)ccc1O. The van der Waals surface area contributed by atoms with Crippen molar-refractivity contribution >= 4 is 17.9 Å². The largest absolute Gasteiger partial charge is 0.508 e. The molecule has 0 saturated heterocycles. The molecular formula is C20H18O5. The zero-order chi connectivity index (χ0) is 18.2. The molecule has 0 aliphatic rings. The zero-order valence-electron chi connectivity index (χ0n) is 13.6. The lowest BCUT2D eigenvalue weighted by Crippen LogP contribution is -1.88. The summed E-state index contributed by atoms with van der Waals surface area (Å²) in [4.78, 5) is 11.8. The van der Waals surface area contributed by atoms with Gasteiger partial charge < -0.3 is 20.1 Å². The molecule has 0 atom stereocenters. The highest BCUT2D eigenvalue weighted by Crippen LogP contribution is 2.26. The fourth-order valence-electron chi connectivity index (χ4n) is 1.99. The van der Waals surface area contributed by atoms with Gasteiger partial charge in [-0.25, -0.2) is 0 Å². The summed E-state index contributed by atoms with van der Waals surface area (Å²) in [5.74, 6) is -0.0876. The number of aliphatic hydroxyl groups is 1. The van der Waals surface area contributed by atoms with Crippen LogP contribution < -0.4 is 4.74 Å². The van der Waals surface area contributed by atoms with Crippen molar-refractivity contribution in [2.45, 2.75) is 0 Å². The Morgan fingerprint density at radius 3 is 2.28 bits per heavy atom. The van der Waals surface area contributed by atoms with Gasteiger partial charge in [-0.05, 0) is 47.5 Å². The molecule has 0 amide bonds. The van der Waals surface area contributed by atoms with Crippen molar-refractivity contribution in [1.29, 1.82) is 0 Å². The van der Waals surface area contributed by atoms with E-state index in [0.717, 1.165) is 11.6 Å². The monoisotopic (exact) mass is 338 g/mol. The minimum absolute atomic E-state index is 0.0222. The van der Waals surface area contributed by atoms with Crippen LogP contribution in [0.3, 0.4) is 0 Å². The van der Waals surface area contributed by atoms with Crippen molar-refractivity contribution in [1.82, 2.24) is 0 Å². The smallest absolute Gasteiger partial charge is 0.182 e. The van der Waals surface area contributed by atoms with Crippen LogP contribution in [0.1, 0.15) is 11.1 Å². The maximum Gasteiger partial charge on any atom is 0.182 e. The Hall–Kier alpha value is -3.47. The number of aromatic hydroxyl groups is 2. The third-order valence-electron chi connectivity index (χ3n) is 3.27. The Morgan fingerprint density at radius 1 is 0.960 bits per heavy atom. The predicted octanol–water partition coefficient (Wildman–Crippen LogP) is 3.84. The van der Waals surface area contributed by atoms with Crippen molar-refractivity contribution in [3.8, 4) is 17.2 Å². The molecular weight excluding hydrogens is 320 g/mol. The highest BCUT2D eigenvalue weighted by molar-refractivity contribution is 6.02. The summed E-state index contributed by atoms with van der Waals surface area (Å²) in [7, 11) is 1.44. The van der Waals surface area contributed by atoms with Gasteiger partial charge in [-0.2, -0.15) is 0 Å². The molecule has 25 heavy (non-hydrogen) atoms. The van der Waals surface area contributed by atoms with Crippen molar-refractivity contribution in [2.24, 2.45) is 0 Å². The topological polar surface area (TPSA) is 87.0 Å². The van der Waals surface area contributed by atoms with Crippen LogP contribution in [0.25, 0.3) is 12.2 Å². The number of rotatable bonds is 6. The second-order valence-electron chi connectivity index (χ2n) is 5.16. The summed E-state index contributed by atoms with van der Waals surface area (Å²) in [6.45, 7) is 0. The van der Waals surface area contributed by atoms with Gasteiger partial charge in [0.25, 0.3) is 0 Å². The molecule has 2 rings (SSSR count). The molecule has 2 aromatic carbocycles. The molecule has 0 aliphatic heterocycles. The van der Waals surface area contributed by atoms with E-state index in [-0.39, 0.29) is 23.0 Å². The third kappa shape index (κ3) is 5.58. The Balaban J connectivity index is 2.02. The molecule has 0 heterocycles. The highest BCUT2D eigenvalue weighted by Gasteiger charge is 2.01. The third-order valence-corrected chi connectivity index (χ3v) is 3.27. The molecule has 0 aromatic heterocycles. The highest BCUT2D eigenvalue weighted by atomic mass is 16.5. The van der Waals surface area contributed by atoms with E-state index in [4.69, 9.17) is 4.74 Å². The lowest BCUT2D eigenvalue weighted by molar-refractivity contribution is -0.110. The number of ketones is 1. The average Bonchev–Trinajstić information content (AvgIpc) is 2.60. The van der Waals surface area contributed by atoms with Gasteiger partial charge in [0, 0.05) is 6.08 Å². The van der Waals surface area contributed by atoms with Crippen LogP contribution in [-0.4, -0.2) is 28.2 Å². The van der Waals surface area contributed by atoms with E-state index in [9.17, 15) is 20.1 Å². The van der Waals surface area contributed by atoms with Gasteiger partial charge in [0.1, 0.15) is 11.5 Å². The summed E-state index contributed by atoms with van der Waals surface area (Å²) in [5, 5.41) is 28.5. The van der Waals surface area contributed by atoms with Gasteiger partial charge in [-0.1, -0.05) is 30.4 Å². The van der Waals surface area contributed by atoms with E-state index in [1.54, 1.807) is 36.4 Å². The van der Waals surface area contributed by atoms with Gasteiger partial charge in [0.15, 0.2) is 17.3 Å². The number of benzene rings is 2. The fraction of sp³-hybridized carbons (Fsp3) is 0.0500. The maximum absolute atomic E-state index is 11.8. The van der Waals surface area contributed by atoms with Crippen LogP contribution in [0.15, 0.2) is 66.5 Å². The number of phenols is 2. The first-order valence-electron chi connectivity index (χ1n) is 7.45. The van der Waals surface area contributed by atoms with E-state index < -0.39 is 0 Å². The van der Waals surface area contributed by atoms with Crippen molar-refractivity contribution in [2.75, 3.05) is 7.11 Å². The Kier molecular flexibility index (Phi) is 6.01. The standard InChI is InChI=1S/C20H18O5/c1-25-20-12-15(6-11-19(20)24)5-10-18(23)13-17(22)9-4-14-2-7-16(21)8-3-14/h2-13,21,23-24H,1H3. The van der Waals surface area contributed by atoms with Crippen LogP contribution in [0.5, 0.6) is 17.2 Å². The van der Waals surface area contributed by atoms with E-state index in [1.165, 1.54) is 37.5 Å². The Bertz CT molecular complexity index is 830. The molecule has 5 nitrogen and oxygen atoms in total. The number of ether oxygens (including phenoxy) is 1. The number of methoxy groups -OCH3 is 1. The second kappa shape index (κ2) is 8.40. The summed E-state index contributed by atoms with van der Waals surface area (Å²) in [5.41, 5.74) is 1.45. The number of carbonyl (C=O) groups excluding carboxylic acids is 1. The number of carbonyl (C=O) groups is 1. The minimum Gasteiger partial charge on any atom is -0.508 e.